The first kappa shape index (κ1) is 7.51. The van der Waals surface area contributed by atoms with Gasteiger partial charge in [-0.15, -0.1) is 0 Å². The number of halogens is 2. The first-order valence-electron chi connectivity index (χ1n) is 2.66. The van der Waals surface area contributed by atoms with Crippen molar-refractivity contribution in [3.63, 3.8) is 0 Å². The fourth-order valence-corrected chi connectivity index (χ4v) is 0.780. The average molecular weight is 160 g/mol. The predicted molar refractivity (Wildman–Crippen MR) is 36.7 cm³/mol. The van der Waals surface area contributed by atoms with Crippen LogP contribution < -0.4 is 0 Å². The van der Waals surface area contributed by atoms with Gasteiger partial charge in [0.15, 0.2) is 0 Å². The second-order valence-electron chi connectivity index (χ2n) is 1.79. The molecular weight excluding hydrogens is 155 g/mol. The predicted octanol–water partition coefficient (Wildman–Crippen LogP) is 2.36. The van der Waals surface area contributed by atoms with E-state index in [1.165, 1.54) is 12.1 Å². The largest absolute Gasteiger partial charge is 0.385 e. The molecule has 0 unspecified atom stereocenters. The molecule has 0 heterocycles. The Labute approximate surface area is 63.1 Å². The number of hydrogen-bond donors (Lipinski definition) is 1. The Balaban J connectivity index is 3.09. The third-order valence-corrected chi connectivity index (χ3v) is 1.44. The van der Waals surface area contributed by atoms with E-state index >= 15 is 0 Å². The molecule has 0 fully saturated rings. The maximum atomic E-state index is 12.3. The van der Waals surface area contributed by atoms with Crippen LogP contribution in [0.15, 0.2) is 18.2 Å². The lowest BCUT2D eigenvalue weighted by Gasteiger charge is -1.97. The Morgan fingerprint density at radius 1 is 1.50 bits per heavy atom. The fraction of sp³-hybridized carbons (Fsp3) is 0. The molecule has 0 saturated carbocycles. The average Bonchev–Trinajstić information content (AvgIpc) is 1.94. The zero-order chi connectivity index (χ0) is 7.56. The fourth-order valence-electron chi connectivity index (χ4n) is 0.614. The second kappa shape index (κ2) is 2.99. The molecule has 1 radical (unpaired) electrons. The Hall–Kier alpha value is -0.600. The van der Waals surface area contributed by atoms with Gasteiger partial charge in [0.05, 0.1) is 0 Å². The van der Waals surface area contributed by atoms with Gasteiger partial charge in [0.2, 0.25) is 0 Å². The van der Waals surface area contributed by atoms with Crippen LogP contribution in [0, 0.1) is 12.4 Å². The number of rotatable bonds is 1. The number of hydrogen-bond acceptors (Lipinski definition) is 1. The second-order valence-corrected chi connectivity index (χ2v) is 2.20. The summed E-state index contributed by atoms with van der Waals surface area (Å²) in [5, 5.41) is 8.80. The minimum atomic E-state index is -0.412. The monoisotopic (exact) mass is 159 g/mol. The van der Waals surface area contributed by atoms with E-state index in [2.05, 4.69) is 0 Å². The van der Waals surface area contributed by atoms with Crippen LogP contribution in [-0.4, -0.2) is 5.11 Å². The van der Waals surface area contributed by atoms with Gasteiger partial charge in [-0.05, 0) is 18.2 Å². The Morgan fingerprint density at radius 2 is 2.20 bits per heavy atom. The van der Waals surface area contributed by atoms with Crippen molar-refractivity contribution in [3.05, 3.63) is 41.2 Å². The van der Waals surface area contributed by atoms with Gasteiger partial charge < -0.3 is 5.11 Å². The summed E-state index contributed by atoms with van der Waals surface area (Å²) in [5.41, 5.74) is 0.293. The van der Waals surface area contributed by atoms with Gasteiger partial charge in [-0.1, -0.05) is 11.6 Å². The van der Waals surface area contributed by atoms with Crippen molar-refractivity contribution in [1.82, 2.24) is 0 Å². The van der Waals surface area contributed by atoms with Crippen LogP contribution in [0.5, 0.6) is 0 Å². The van der Waals surface area contributed by atoms with E-state index in [4.69, 9.17) is 16.7 Å². The molecule has 3 heteroatoms. The number of benzene rings is 1. The highest BCUT2D eigenvalue weighted by atomic mass is 35.5. The summed E-state index contributed by atoms with van der Waals surface area (Å²) in [6.45, 7) is 0.769. The normalized spacial score (nSPS) is 9.90. The first-order chi connectivity index (χ1) is 4.74. The van der Waals surface area contributed by atoms with E-state index in [1.54, 1.807) is 0 Å². The molecule has 0 amide bonds. The van der Waals surface area contributed by atoms with Gasteiger partial charge in [0, 0.05) is 10.6 Å². The third kappa shape index (κ3) is 1.46. The van der Waals surface area contributed by atoms with Crippen LogP contribution in [-0.2, 0) is 0 Å². The van der Waals surface area contributed by atoms with Gasteiger partial charge in [-0.3, -0.25) is 0 Å². The minimum Gasteiger partial charge on any atom is -0.385 e. The SMILES string of the molecule is O[CH]c1cc(F)ccc1Cl. The number of aliphatic hydroxyl groups excluding tert-OH is 1. The molecule has 0 saturated heterocycles. The molecule has 1 rings (SSSR count). The summed E-state index contributed by atoms with van der Waals surface area (Å²) in [5.74, 6) is -0.412. The molecule has 0 spiro atoms. The lowest BCUT2D eigenvalue weighted by atomic mass is 10.2. The molecule has 0 bridgehead atoms. The maximum Gasteiger partial charge on any atom is 0.123 e. The van der Waals surface area contributed by atoms with E-state index in [0.29, 0.717) is 10.6 Å². The minimum absolute atomic E-state index is 0.293. The molecule has 0 atom stereocenters. The van der Waals surface area contributed by atoms with Crippen LogP contribution in [0.4, 0.5) is 4.39 Å². The van der Waals surface area contributed by atoms with E-state index < -0.39 is 5.82 Å². The van der Waals surface area contributed by atoms with Gasteiger partial charge in [-0.2, -0.15) is 0 Å². The summed E-state index contributed by atoms with van der Waals surface area (Å²) in [7, 11) is 0. The highest BCUT2D eigenvalue weighted by Gasteiger charge is 1.99. The molecule has 1 nitrogen and oxygen atoms in total. The Kier molecular flexibility index (Phi) is 2.25. The number of aliphatic hydroxyl groups is 1. The van der Waals surface area contributed by atoms with E-state index in [0.717, 1.165) is 12.7 Å². The summed E-state index contributed by atoms with van der Waals surface area (Å²) in [6.07, 6.45) is 0. The van der Waals surface area contributed by atoms with Crippen molar-refractivity contribution in [1.29, 1.82) is 0 Å². The molecule has 0 aliphatic heterocycles. The third-order valence-electron chi connectivity index (χ3n) is 1.10. The van der Waals surface area contributed by atoms with Crippen molar-refractivity contribution < 1.29 is 9.50 Å². The zero-order valence-electron chi connectivity index (χ0n) is 5.01. The van der Waals surface area contributed by atoms with Crippen molar-refractivity contribution in [2.45, 2.75) is 0 Å². The lowest BCUT2D eigenvalue weighted by Crippen LogP contribution is -1.83. The highest BCUT2D eigenvalue weighted by molar-refractivity contribution is 6.31. The van der Waals surface area contributed by atoms with Crippen molar-refractivity contribution in [2.24, 2.45) is 0 Å². The van der Waals surface area contributed by atoms with Gasteiger partial charge in [-0.25, -0.2) is 4.39 Å². The first-order valence-corrected chi connectivity index (χ1v) is 3.04. The summed E-state index contributed by atoms with van der Waals surface area (Å²) in [6, 6.07) is 3.77. The molecule has 1 aromatic rings. The van der Waals surface area contributed by atoms with Gasteiger partial charge >= 0.3 is 0 Å². The molecule has 1 aromatic carbocycles. The van der Waals surface area contributed by atoms with Crippen LogP contribution in [0.1, 0.15) is 5.56 Å². The summed E-state index contributed by atoms with van der Waals surface area (Å²) >= 11 is 5.54. The van der Waals surface area contributed by atoms with Crippen LogP contribution in [0.2, 0.25) is 5.02 Å². The summed E-state index contributed by atoms with van der Waals surface area (Å²) in [4.78, 5) is 0. The molecule has 0 aliphatic carbocycles. The zero-order valence-corrected chi connectivity index (χ0v) is 5.77. The molecule has 10 heavy (non-hydrogen) atoms. The van der Waals surface area contributed by atoms with Crippen LogP contribution >= 0.6 is 11.6 Å². The maximum absolute atomic E-state index is 12.3. The molecule has 0 aliphatic rings. The van der Waals surface area contributed by atoms with Crippen molar-refractivity contribution in [2.75, 3.05) is 0 Å². The summed E-state index contributed by atoms with van der Waals surface area (Å²) < 4.78 is 12.3. The molecular formula is C7H5ClFO. The smallest absolute Gasteiger partial charge is 0.123 e. The van der Waals surface area contributed by atoms with Gasteiger partial charge in [0.25, 0.3) is 0 Å². The molecule has 53 valence electrons. The standard InChI is InChI=1S/C7H5ClFO/c8-7-2-1-6(9)3-5(7)4-10/h1-4,10H. The van der Waals surface area contributed by atoms with Crippen molar-refractivity contribution >= 4 is 11.6 Å². The van der Waals surface area contributed by atoms with Crippen LogP contribution in [0.3, 0.4) is 0 Å². The van der Waals surface area contributed by atoms with Gasteiger partial charge in [0.1, 0.15) is 12.4 Å². The van der Waals surface area contributed by atoms with Crippen LogP contribution in [0.25, 0.3) is 0 Å². The lowest BCUT2D eigenvalue weighted by molar-refractivity contribution is 0.414. The van der Waals surface area contributed by atoms with E-state index in [9.17, 15) is 4.39 Å². The Morgan fingerprint density at radius 3 is 2.70 bits per heavy atom. The quantitative estimate of drug-likeness (QED) is 0.667. The van der Waals surface area contributed by atoms with E-state index in [-0.39, 0.29) is 0 Å². The highest BCUT2D eigenvalue weighted by Crippen LogP contribution is 2.17. The molecule has 1 N–H and O–H groups in total. The van der Waals surface area contributed by atoms with Crippen molar-refractivity contribution in [3.8, 4) is 0 Å². The Bertz CT molecular complexity index is 237. The van der Waals surface area contributed by atoms with E-state index in [1.807, 2.05) is 0 Å². The molecule has 0 aromatic heterocycles. The topological polar surface area (TPSA) is 20.2 Å².